The van der Waals surface area contributed by atoms with Crippen LogP contribution in [0.1, 0.15) is 19.4 Å². The third-order valence-corrected chi connectivity index (χ3v) is 2.33. The SMILES string of the molecule is C/C=C(/C)c1cccc(Cl)c1OC. The number of para-hydroxylation sites is 1. The molecule has 0 saturated carbocycles. The number of halogens is 1. The van der Waals surface area contributed by atoms with E-state index in [1.54, 1.807) is 7.11 Å². The Morgan fingerprint density at radius 1 is 1.46 bits per heavy atom. The smallest absolute Gasteiger partial charge is 0.144 e. The molecular formula is C11H13ClO. The van der Waals surface area contributed by atoms with E-state index in [0.717, 1.165) is 11.3 Å². The molecule has 1 aromatic rings. The zero-order valence-corrected chi connectivity index (χ0v) is 8.85. The van der Waals surface area contributed by atoms with E-state index in [9.17, 15) is 0 Å². The number of rotatable bonds is 2. The maximum atomic E-state index is 5.98. The van der Waals surface area contributed by atoms with Crippen LogP contribution in [0.2, 0.25) is 5.02 Å². The number of benzene rings is 1. The molecule has 0 saturated heterocycles. The molecule has 1 rings (SSSR count). The highest BCUT2D eigenvalue weighted by molar-refractivity contribution is 6.32. The van der Waals surface area contributed by atoms with Gasteiger partial charge in [-0.2, -0.15) is 0 Å². The summed E-state index contributed by atoms with van der Waals surface area (Å²) in [6, 6.07) is 5.75. The van der Waals surface area contributed by atoms with E-state index in [4.69, 9.17) is 16.3 Å². The second-order valence-corrected chi connectivity index (χ2v) is 3.20. The molecule has 0 bridgehead atoms. The lowest BCUT2D eigenvalue weighted by atomic mass is 10.1. The highest BCUT2D eigenvalue weighted by Crippen LogP contribution is 2.32. The van der Waals surface area contributed by atoms with Gasteiger partial charge in [-0.05, 0) is 25.5 Å². The molecule has 70 valence electrons. The standard InChI is InChI=1S/C11H13ClO/c1-4-8(2)9-6-5-7-10(12)11(9)13-3/h4-7H,1-3H3/b8-4-. The molecule has 0 spiro atoms. The number of allylic oxidation sites excluding steroid dienone is 2. The lowest BCUT2D eigenvalue weighted by Crippen LogP contribution is -1.90. The molecule has 0 aliphatic carbocycles. The van der Waals surface area contributed by atoms with Crippen molar-refractivity contribution in [1.29, 1.82) is 0 Å². The summed E-state index contributed by atoms with van der Waals surface area (Å²) in [5.41, 5.74) is 2.22. The summed E-state index contributed by atoms with van der Waals surface area (Å²) < 4.78 is 5.23. The van der Waals surface area contributed by atoms with Gasteiger partial charge in [0.15, 0.2) is 0 Å². The molecule has 0 atom stereocenters. The Balaban J connectivity index is 3.28. The van der Waals surface area contributed by atoms with Gasteiger partial charge in [-0.3, -0.25) is 0 Å². The fraction of sp³-hybridized carbons (Fsp3) is 0.273. The van der Waals surface area contributed by atoms with Gasteiger partial charge in [0.2, 0.25) is 0 Å². The summed E-state index contributed by atoms with van der Waals surface area (Å²) in [5.74, 6) is 0.750. The molecule has 13 heavy (non-hydrogen) atoms. The molecule has 2 heteroatoms. The molecular weight excluding hydrogens is 184 g/mol. The van der Waals surface area contributed by atoms with E-state index in [1.807, 2.05) is 38.1 Å². The highest BCUT2D eigenvalue weighted by Gasteiger charge is 2.07. The summed E-state index contributed by atoms with van der Waals surface area (Å²) in [6.07, 6.45) is 2.04. The van der Waals surface area contributed by atoms with Crippen molar-refractivity contribution in [2.75, 3.05) is 7.11 Å². The van der Waals surface area contributed by atoms with Gasteiger partial charge < -0.3 is 4.74 Å². The average molecular weight is 197 g/mol. The topological polar surface area (TPSA) is 9.23 Å². The van der Waals surface area contributed by atoms with Crippen molar-refractivity contribution in [3.63, 3.8) is 0 Å². The fourth-order valence-corrected chi connectivity index (χ4v) is 1.43. The minimum atomic E-state index is 0.654. The lowest BCUT2D eigenvalue weighted by Gasteiger charge is -2.09. The molecule has 1 aromatic carbocycles. The van der Waals surface area contributed by atoms with Crippen LogP contribution in [0.25, 0.3) is 5.57 Å². The Bertz CT molecular complexity index is 329. The zero-order chi connectivity index (χ0) is 9.84. The Hall–Kier alpha value is -0.950. The quantitative estimate of drug-likeness (QED) is 0.700. The lowest BCUT2D eigenvalue weighted by molar-refractivity contribution is 0.413. The minimum absolute atomic E-state index is 0.654. The first-order valence-corrected chi connectivity index (χ1v) is 4.54. The van der Waals surface area contributed by atoms with Gasteiger partial charge >= 0.3 is 0 Å². The molecule has 0 unspecified atom stereocenters. The van der Waals surface area contributed by atoms with Crippen LogP contribution in [0, 0.1) is 0 Å². The third-order valence-electron chi connectivity index (χ3n) is 2.03. The Morgan fingerprint density at radius 2 is 2.15 bits per heavy atom. The largest absolute Gasteiger partial charge is 0.495 e. The number of ether oxygens (including phenoxy) is 1. The Labute approximate surface area is 84.0 Å². The van der Waals surface area contributed by atoms with E-state index in [0.29, 0.717) is 5.02 Å². The zero-order valence-electron chi connectivity index (χ0n) is 8.10. The summed E-state index contributed by atoms with van der Waals surface area (Å²) in [4.78, 5) is 0. The van der Waals surface area contributed by atoms with Crippen molar-refractivity contribution in [3.05, 3.63) is 34.9 Å². The Morgan fingerprint density at radius 3 is 2.69 bits per heavy atom. The second kappa shape index (κ2) is 4.33. The van der Waals surface area contributed by atoms with Crippen molar-refractivity contribution < 1.29 is 4.74 Å². The van der Waals surface area contributed by atoms with Gasteiger partial charge in [0.25, 0.3) is 0 Å². The predicted octanol–water partition coefficient (Wildman–Crippen LogP) is 3.77. The maximum Gasteiger partial charge on any atom is 0.144 e. The van der Waals surface area contributed by atoms with Crippen LogP contribution >= 0.6 is 11.6 Å². The monoisotopic (exact) mass is 196 g/mol. The van der Waals surface area contributed by atoms with Gasteiger partial charge in [0.1, 0.15) is 5.75 Å². The minimum Gasteiger partial charge on any atom is -0.495 e. The third kappa shape index (κ3) is 2.04. The number of hydrogen-bond donors (Lipinski definition) is 0. The van der Waals surface area contributed by atoms with Gasteiger partial charge in [-0.25, -0.2) is 0 Å². The van der Waals surface area contributed by atoms with Crippen LogP contribution in [-0.4, -0.2) is 7.11 Å². The van der Waals surface area contributed by atoms with E-state index in [-0.39, 0.29) is 0 Å². The first-order chi connectivity index (χ1) is 6.20. The van der Waals surface area contributed by atoms with Crippen LogP contribution in [-0.2, 0) is 0 Å². The van der Waals surface area contributed by atoms with Crippen molar-refractivity contribution in [2.45, 2.75) is 13.8 Å². The first-order valence-electron chi connectivity index (χ1n) is 4.16. The van der Waals surface area contributed by atoms with Crippen molar-refractivity contribution in [1.82, 2.24) is 0 Å². The summed E-state index contributed by atoms with van der Waals surface area (Å²) in [5, 5.41) is 0.654. The van der Waals surface area contributed by atoms with Gasteiger partial charge in [0.05, 0.1) is 12.1 Å². The van der Waals surface area contributed by atoms with Crippen LogP contribution in [0.3, 0.4) is 0 Å². The second-order valence-electron chi connectivity index (χ2n) is 2.79. The van der Waals surface area contributed by atoms with Crippen molar-refractivity contribution >= 4 is 17.2 Å². The summed E-state index contributed by atoms with van der Waals surface area (Å²) >= 11 is 5.98. The molecule has 0 amide bonds. The summed E-state index contributed by atoms with van der Waals surface area (Å²) in [6.45, 7) is 4.03. The molecule has 0 fully saturated rings. The van der Waals surface area contributed by atoms with Gasteiger partial charge in [0, 0.05) is 5.56 Å². The number of hydrogen-bond acceptors (Lipinski definition) is 1. The molecule has 1 nitrogen and oxygen atoms in total. The van der Waals surface area contributed by atoms with Crippen molar-refractivity contribution in [2.24, 2.45) is 0 Å². The normalized spacial score (nSPS) is 11.5. The highest BCUT2D eigenvalue weighted by atomic mass is 35.5. The van der Waals surface area contributed by atoms with Crippen LogP contribution in [0.5, 0.6) is 5.75 Å². The van der Waals surface area contributed by atoms with E-state index < -0.39 is 0 Å². The Kier molecular flexibility index (Phi) is 3.38. The molecule has 0 aliphatic rings. The molecule has 0 aliphatic heterocycles. The van der Waals surface area contributed by atoms with Crippen molar-refractivity contribution in [3.8, 4) is 5.75 Å². The van der Waals surface area contributed by atoms with E-state index in [2.05, 4.69) is 0 Å². The van der Waals surface area contributed by atoms with E-state index >= 15 is 0 Å². The van der Waals surface area contributed by atoms with Crippen LogP contribution < -0.4 is 4.74 Å². The first kappa shape index (κ1) is 10.1. The maximum absolute atomic E-state index is 5.98. The van der Waals surface area contributed by atoms with Crippen LogP contribution in [0.15, 0.2) is 24.3 Å². The number of methoxy groups -OCH3 is 1. The average Bonchev–Trinajstić information content (AvgIpc) is 2.16. The van der Waals surface area contributed by atoms with Gasteiger partial charge in [-0.15, -0.1) is 0 Å². The fourth-order valence-electron chi connectivity index (χ4n) is 1.18. The summed E-state index contributed by atoms with van der Waals surface area (Å²) in [7, 11) is 1.63. The van der Waals surface area contributed by atoms with Gasteiger partial charge in [-0.1, -0.05) is 29.8 Å². The molecule has 0 heterocycles. The van der Waals surface area contributed by atoms with Crippen LogP contribution in [0.4, 0.5) is 0 Å². The molecule has 0 aromatic heterocycles. The predicted molar refractivity (Wildman–Crippen MR) is 57.3 cm³/mol. The van der Waals surface area contributed by atoms with E-state index in [1.165, 1.54) is 5.57 Å². The molecule has 0 N–H and O–H groups in total. The molecule has 0 radical (unpaired) electrons.